The van der Waals surface area contributed by atoms with Crippen molar-refractivity contribution in [1.29, 1.82) is 0 Å². The molecule has 0 fully saturated rings. The molecule has 1 nitrogen and oxygen atoms in total. The van der Waals surface area contributed by atoms with Crippen LogP contribution in [0.2, 0.25) is 0 Å². The molecule has 1 atom stereocenters. The zero-order chi connectivity index (χ0) is 12.6. The smallest absolute Gasteiger partial charge is 0.134 e. The molecule has 0 aromatic heterocycles. The van der Waals surface area contributed by atoms with Gasteiger partial charge in [-0.1, -0.05) is 66.4 Å². The second kappa shape index (κ2) is 6.44. The Hall–Kier alpha value is -2.30. The maximum atomic E-state index is 9.71. The Morgan fingerprint density at radius 1 is 0.889 bits per heavy atom. The molecule has 1 heteroatoms. The van der Waals surface area contributed by atoms with Crippen molar-refractivity contribution >= 4 is 6.08 Å². The Labute approximate surface area is 107 Å². The molecule has 0 saturated carbocycles. The summed E-state index contributed by atoms with van der Waals surface area (Å²) in [7, 11) is 0. The van der Waals surface area contributed by atoms with E-state index in [1.54, 1.807) is 6.08 Å². The first kappa shape index (κ1) is 12.2. The van der Waals surface area contributed by atoms with Gasteiger partial charge in [-0.3, -0.25) is 0 Å². The quantitative estimate of drug-likeness (QED) is 0.792. The Kier molecular flexibility index (Phi) is 4.35. The fraction of sp³-hybridized carbons (Fsp3) is 0.0588. The van der Waals surface area contributed by atoms with E-state index in [4.69, 9.17) is 0 Å². The summed E-state index contributed by atoms with van der Waals surface area (Å²) in [5, 5.41) is 9.71. The summed E-state index contributed by atoms with van der Waals surface area (Å²) in [5.74, 6) is 5.72. The molecule has 0 heterocycles. The van der Waals surface area contributed by atoms with Gasteiger partial charge in [0.05, 0.1) is 0 Å². The molecule has 0 aliphatic heterocycles. The molecule has 88 valence electrons. The van der Waals surface area contributed by atoms with Crippen molar-refractivity contribution in [3.63, 3.8) is 0 Å². The number of hydrogen-bond acceptors (Lipinski definition) is 1. The molecule has 0 bridgehead atoms. The van der Waals surface area contributed by atoms with Gasteiger partial charge in [-0.25, -0.2) is 0 Å². The van der Waals surface area contributed by atoms with Crippen LogP contribution < -0.4 is 0 Å². The zero-order valence-corrected chi connectivity index (χ0v) is 9.95. The lowest BCUT2D eigenvalue weighted by molar-refractivity contribution is 0.281. The van der Waals surface area contributed by atoms with Crippen molar-refractivity contribution in [2.75, 3.05) is 0 Å². The molecule has 2 rings (SSSR count). The molecule has 0 unspecified atom stereocenters. The SMILES string of the molecule is O[C@@H](C#Cc1ccccc1)/C=C/c1ccccc1. The van der Waals surface area contributed by atoms with E-state index < -0.39 is 6.10 Å². The predicted octanol–water partition coefficient (Wildman–Crippen LogP) is 3.11. The van der Waals surface area contributed by atoms with Crippen LogP contribution in [-0.4, -0.2) is 11.2 Å². The summed E-state index contributed by atoms with van der Waals surface area (Å²) in [4.78, 5) is 0. The molecule has 0 aliphatic rings. The van der Waals surface area contributed by atoms with Crippen LogP contribution in [0, 0.1) is 11.8 Å². The van der Waals surface area contributed by atoms with Gasteiger partial charge >= 0.3 is 0 Å². The third-order valence-electron chi connectivity index (χ3n) is 2.41. The minimum absolute atomic E-state index is 0.745. The van der Waals surface area contributed by atoms with Gasteiger partial charge in [0.15, 0.2) is 0 Å². The maximum absolute atomic E-state index is 9.71. The minimum Gasteiger partial charge on any atom is -0.377 e. The molecule has 2 aromatic rings. The summed E-state index contributed by atoms with van der Waals surface area (Å²) in [6.07, 6.45) is 2.81. The lowest BCUT2D eigenvalue weighted by Gasteiger charge is -1.95. The van der Waals surface area contributed by atoms with Gasteiger partial charge in [-0.2, -0.15) is 0 Å². The Bertz CT molecular complexity index is 559. The van der Waals surface area contributed by atoms with Crippen LogP contribution in [0.25, 0.3) is 6.08 Å². The highest BCUT2D eigenvalue weighted by atomic mass is 16.3. The van der Waals surface area contributed by atoms with Crippen molar-refractivity contribution < 1.29 is 5.11 Å². The van der Waals surface area contributed by atoms with Crippen LogP contribution in [-0.2, 0) is 0 Å². The van der Waals surface area contributed by atoms with E-state index in [-0.39, 0.29) is 0 Å². The van der Waals surface area contributed by atoms with E-state index in [1.807, 2.05) is 66.7 Å². The van der Waals surface area contributed by atoms with Crippen LogP contribution in [0.15, 0.2) is 66.7 Å². The largest absolute Gasteiger partial charge is 0.377 e. The van der Waals surface area contributed by atoms with Gasteiger partial charge in [0.1, 0.15) is 6.10 Å². The third-order valence-corrected chi connectivity index (χ3v) is 2.41. The Morgan fingerprint density at radius 2 is 1.50 bits per heavy atom. The number of rotatable bonds is 2. The molecule has 0 radical (unpaired) electrons. The average molecular weight is 234 g/mol. The third kappa shape index (κ3) is 3.93. The predicted molar refractivity (Wildman–Crippen MR) is 74.8 cm³/mol. The van der Waals surface area contributed by atoms with Gasteiger partial charge < -0.3 is 5.11 Å². The number of hydrogen-bond donors (Lipinski definition) is 1. The van der Waals surface area contributed by atoms with Crippen molar-refractivity contribution in [1.82, 2.24) is 0 Å². The van der Waals surface area contributed by atoms with Crippen LogP contribution in [0.1, 0.15) is 11.1 Å². The standard InChI is InChI=1S/C17H14O/c18-17(13-11-15-7-3-1-4-8-15)14-12-16-9-5-2-6-10-16/h1-11,13,17-18H/b13-11+/t17-/m1/s1. The molecule has 18 heavy (non-hydrogen) atoms. The van der Waals surface area contributed by atoms with E-state index in [0.717, 1.165) is 11.1 Å². The second-order valence-corrected chi connectivity index (χ2v) is 3.85. The van der Waals surface area contributed by atoms with E-state index in [9.17, 15) is 5.11 Å². The van der Waals surface area contributed by atoms with Crippen LogP contribution in [0.3, 0.4) is 0 Å². The van der Waals surface area contributed by atoms with Crippen LogP contribution in [0.4, 0.5) is 0 Å². The van der Waals surface area contributed by atoms with Crippen molar-refractivity contribution in [3.8, 4) is 11.8 Å². The normalized spacial score (nSPS) is 11.8. The maximum Gasteiger partial charge on any atom is 0.134 e. The van der Waals surface area contributed by atoms with Crippen LogP contribution in [0.5, 0.6) is 0 Å². The molecular weight excluding hydrogens is 220 g/mol. The first-order chi connectivity index (χ1) is 8.84. The molecule has 1 N–H and O–H groups in total. The highest BCUT2D eigenvalue weighted by Crippen LogP contribution is 2.02. The molecule has 0 amide bonds. The number of aliphatic hydroxyl groups is 1. The highest BCUT2D eigenvalue weighted by molar-refractivity contribution is 5.50. The minimum atomic E-state index is -0.745. The molecule has 0 saturated heterocycles. The number of aliphatic hydroxyl groups excluding tert-OH is 1. The van der Waals surface area contributed by atoms with E-state index >= 15 is 0 Å². The first-order valence-corrected chi connectivity index (χ1v) is 5.82. The van der Waals surface area contributed by atoms with Gasteiger partial charge in [-0.05, 0) is 23.8 Å². The Morgan fingerprint density at radius 3 is 2.17 bits per heavy atom. The van der Waals surface area contributed by atoms with Crippen molar-refractivity contribution in [3.05, 3.63) is 77.9 Å². The van der Waals surface area contributed by atoms with E-state index in [1.165, 1.54) is 0 Å². The molecular formula is C17H14O. The molecule has 0 spiro atoms. The van der Waals surface area contributed by atoms with Crippen molar-refractivity contribution in [2.24, 2.45) is 0 Å². The first-order valence-electron chi connectivity index (χ1n) is 5.82. The summed E-state index contributed by atoms with van der Waals surface area (Å²) < 4.78 is 0. The van der Waals surface area contributed by atoms with Gasteiger partial charge in [0, 0.05) is 5.56 Å². The Balaban J connectivity index is 2.00. The lowest BCUT2D eigenvalue weighted by atomic mass is 10.2. The zero-order valence-electron chi connectivity index (χ0n) is 9.95. The lowest BCUT2D eigenvalue weighted by Crippen LogP contribution is -1.96. The van der Waals surface area contributed by atoms with Crippen LogP contribution >= 0.6 is 0 Å². The summed E-state index contributed by atoms with van der Waals surface area (Å²) in [6.45, 7) is 0. The topological polar surface area (TPSA) is 20.2 Å². The van der Waals surface area contributed by atoms with Gasteiger partial charge in [0.25, 0.3) is 0 Å². The van der Waals surface area contributed by atoms with Gasteiger partial charge in [-0.15, -0.1) is 0 Å². The second-order valence-electron chi connectivity index (χ2n) is 3.85. The highest BCUT2D eigenvalue weighted by Gasteiger charge is 1.91. The average Bonchev–Trinajstić information content (AvgIpc) is 2.45. The summed E-state index contributed by atoms with van der Waals surface area (Å²) >= 11 is 0. The molecule has 2 aromatic carbocycles. The monoisotopic (exact) mass is 234 g/mol. The summed E-state index contributed by atoms with van der Waals surface area (Å²) in [6, 6.07) is 19.5. The molecule has 0 aliphatic carbocycles. The van der Waals surface area contributed by atoms with E-state index in [2.05, 4.69) is 11.8 Å². The summed E-state index contributed by atoms with van der Waals surface area (Å²) in [5.41, 5.74) is 1.96. The number of benzene rings is 2. The fourth-order valence-electron chi connectivity index (χ4n) is 1.49. The van der Waals surface area contributed by atoms with Gasteiger partial charge in [0.2, 0.25) is 0 Å². The van der Waals surface area contributed by atoms with Crippen molar-refractivity contribution in [2.45, 2.75) is 6.10 Å². The fourth-order valence-corrected chi connectivity index (χ4v) is 1.49. The van der Waals surface area contributed by atoms with E-state index in [0.29, 0.717) is 0 Å².